The lowest BCUT2D eigenvalue weighted by Gasteiger charge is -2.27. The van der Waals surface area contributed by atoms with Crippen molar-refractivity contribution in [1.82, 2.24) is 16.0 Å². The van der Waals surface area contributed by atoms with Crippen LogP contribution in [0, 0.1) is 11.8 Å². The maximum atomic E-state index is 12.7. The van der Waals surface area contributed by atoms with Gasteiger partial charge in [0.2, 0.25) is 17.7 Å². The van der Waals surface area contributed by atoms with Gasteiger partial charge in [-0.3, -0.25) is 19.2 Å². The van der Waals surface area contributed by atoms with E-state index in [-0.39, 0.29) is 5.92 Å². The Hall–Kier alpha value is -2.73. The topological polar surface area (TPSA) is 208 Å². The highest BCUT2D eigenvalue weighted by Crippen LogP contribution is 2.10. The van der Waals surface area contributed by atoms with E-state index >= 15 is 0 Å². The third-order valence-electron chi connectivity index (χ3n) is 5.41. The van der Waals surface area contributed by atoms with E-state index in [0.29, 0.717) is 12.8 Å². The smallest absolute Gasteiger partial charge is 0.326 e. The molecular formula is C20H36N4O8. The number of hydrogen-bond acceptors (Lipinski definition) is 7. The minimum Gasteiger partial charge on any atom is -0.481 e. The SMILES string of the molecule is CCC(C)C(N)C(=O)NC(C(=O)NC(CC(=O)O)C(=O)NC(C(=O)O)C(C)CC)C(C)O. The van der Waals surface area contributed by atoms with Crippen LogP contribution in [0.2, 0.25) is 0 Å². The van der Waals surface area contributed by atoms with Crippen molar-refractivity contribution in [2.45, 2.75) is 84.2 Å². The summed E-state index contributed by atoms with van der Waals surface area (Å²) in [6.45, 7) is 8.13. The number of aliphatic hydroxyl groups excluding tert-OH is 1. The van der Waals surface area contributed by atoms with E-state index in [1.807, 2.05) is 6.92 Å². The Morgan fingerprint density at radius 1 is 0.781 bits per heavy atom. The van der Waals surface area contributed by atoms with Crippen molar-refractivity contribution >= 4 is 29.7 Å². The monoisotopic (exact) mass is 460 g/mol. The maximum Gasteiger partial charge on any atom is 0.326 e. The molecular weight excluding hydrogens is 424 g/mol. The summed E-state index contributed by atoms with van der Waals surface area (Å²) in [4.78, 5) is 60.2. The van der Waals surface area contributed by atoms with Crippen molar-refractivity contribution in [2.75, 3.05) is 0 Å². The van der Waals surface area contributed by atoms with Crippen LogP contribution in [0.15, 0.2) is 0 Å². The lowest BCUT2D eigenvalue weighted by atomic mass is 9.98. The summed E-state index contributed by atoms with van der Waals surface area (Å²) in [5, 5.41) is 35.1. The number of aliphatic hydroxyl groups is 1. The number of carboxylic acids is 2. The van der Waals surface area contributed by atoms with E-state index in [1.54, 1.807) is 20.8 Å². The molecule has 0 aliphatic carbocycles. The number of nitrogens with one attached hydrogen (secondary N) is 3. The zero-order valence-electron chi connectivity index (χ0n) is 19.1. The first kappa shape index (κ1) is 29.3. The number of carboxylic acid groups (broad SMARTS) is 2. The van der Waals surface area contributed by atoms with Crippen molar-refractivity contribution in [1.29, 1.82) is 0 Å². The highest BCUT2D eigenvalue weighted by atomic mass is 16.4. The van der Waals surface area contributed by atoms with Gasteiger partial charge in [0, 0.05) is 0 Å². The molecule has 32 heavy (non-hydrogen) atoms. The molecule has 184 valence electrons. The first-order chi connectivity index (χ1) is 14.8. The quantitative estimate of drug-likeness (QED) is 0.166. The van der Waals surface area contributed by atoms with Gasteiger partial charge in [0.25, 0.3) is 0 Å². The number of aliphatic carboxylic acids is 2. The van der Waals surface area contributed by atoms with Crippen molar-refractivity contribution < 1.29 is 39.3 Å². The molecule has 0 saturated carbocycles. The molecule has 12 heteroatoms. The molecule has 0 radical (unpaired) electrons. The normalized spacial score (nSPS) is 17.6. The van der Waals surface area contributed by atoms with Crippen LogP contribution in [-0.4, -0.2) is 75.3 Å². The lowest BCUT2D eigenvalue weighted by molar-refractivity contribution is -0.145. The van der Waals surface area contributed by atoms with E-state index in [1.165, 1.54) is 6.92 Å². The summed E-state index contributed by atoms with van der Waals surface area (Å²) in [7, 11) is 0. The van der Waals surface area contributed by atoms with Crippen LogP contribution < -0.4 is 21.7 Å². The Kier molecular flexibility index (Phi) is 12.5. The summed E-state index contributed by atoms with van der Waals surface area (Å²) in [5.74, 6) is -6.10. The van der Waals surface area contributed by atoms with Crippen LogP contribution in [0.4, 0.5) is 0 Å². The molecule has 0 saturated heterocycles. The molecule has 12 nitrogen and oxygen atoms in total. The summed E-state index contributed by atoms with van der Waals surface area (Å²) >= 11 is 0. The number of amides is 3. The summed E-state index contributed by atoms with van der Waals surface area (Å²) in [5.41, 5.74) is 5.84. The molecule has 0 spiro atoms. The maximum absolute atomic E-state index is 12.7. The fourth-order valence-corrected chi connectivity index (χ4v) is 2.75. The van der Waals surface area contributed by atoms with Gasteiger partial charge >= 0.3 is 11.9 Å². The Balaban J connectivity index is 5.54. The second kappa shape index (κ2) is 13.6. The van der Waals surface area contributed by atoms with E-state index in [4.69, 9.17) is 10.8 Å². The largest absolute Gasteiger partial charge is 0.481 e. The fraction of sp³-hybridized carbons (Fsp3) is 0.750. The van der Waals surface area contributed by atoms with E-state index < -0.39 is 72.3 Å². The fourth-order valence-electron chi connectivity index (χ4n) is 2.75. The molecule has 0 aliphatic rings. The number of carbonyl (C=O) groups is 5. The Bertz CT molecular complexity index is 685. The zero-order valence-corrected chi connectivity index (χ0v) is 19.1. The number of carbonyl (C=O) groups excluding carboxylic acids is 3. The second-order valence-corrected chi connectivity index (χ2v) is 8.01. The zero-order chi connectivity index (χ0) is 25.2. The third kappa shape index (κ3) is 9.18. The van der Waals surface area contributed by atoms with Gasteiger partial charge in [-0.2, -0.15) is 0 Å². The van der Waals surface area contributed by atoms with E-state index in [2.05, 4.69) is 16.0 Å². The Labute approximate surface area is 187 Å². The van der Waals surface area contributed by atoms with E-state index in [9.17, 15) is 34.2 Å². The van der Waals surface area contributed by atoms with Crippen LogP contribution in [0.25, 0.3) is 0 Å². The van der Waals surface area contributed by atoms with Gasteiger partial charge < -0.3 is 37.0 Å². The predicted molar refractivity (Wildman–Crippen MR) is 114 cm³/mol. The average Bonchev–Trinajstić information content (AvgIpc) is 2.72. The summed E-state index contributed by atoms with van der Waals surface area (Å²) in [6.07, 6.45) is -1.19. The Morgan fingerprint density at radius 3 is 1.69 bits per heavy atom. The second-order valence-electron chi connectivity index (χ2n) is 8.01. The first-order valence-electron chi connectivity index (χ1n) is 10.6. The highest BCUT2D eigenvalue weighted by Gasteiger charge is 2.34. The molecule has 0 rings (SSSR count). The first-order valence-corrected chi connectivity index (χ1v) is 10.6. The standard InChI is InChI=1S/C20H36N4O8/c1-6-9(3)14(21)18(29)24-16(11(5)25)19(30)22-12(8-13(26)27)17(28)23-15(20(31)32)10(4)7-2/h9-12,14-16,25H,6-8,21H2,1-5H3,(H,22,30)(H,23,28)(H,24,29)(H,26,27)(H,31,32). The highest BCUT2D eigenvalue weighted by molar-refractivity contribution is 5.95. The van der Waals surface area contributed by atoms with Crippen molar-refractivity contribution in [3.63, 3.8) is 0 Å². The van der Waals surface area contributed by atoms with Gasteiger partial charge in [0.1, 0.15) is 18.1 Å². The van der Waals surface area contributed by atoms with Crippen LogP contribution in [0.3, 0.4) is 0 Å². The molecule has 7 unspecified atom stereocenters. The van der Waals surface area contributed by atoms with Gasteiger partial charge in [-0.25, -0.2) is 4.79 Å². The number of rotatable bonds is 14. The van der Waals surface area contributed by atoms with Crippen molar-refractivity contribution in [3.8, 4) is 0 Å². The van der Waals surface area contributed by atoms with Gasteiger partial charge in [0.15, 0.2) is 0 Å². The van der Waals surface area contributed by atoms with Gasteiger partial charge in [-0.1, -0.05) is 40.5 Å². The van der Waals surface area contributed by atoms with Crippen molar-refractivity contribution in [3.05, 3.63) is 0 Å². The molecule has 8 N–H and O–H groups in total. The predicted octanol–water partition coefficient (Wildman–Crippen LogP) is -1.20. The van der Waals surface area contributed by atoms with Gasteiger partial charge in [-0.15, -0.1) is 0 Å². The third-order valence-corrected chi connectivity index (χ3v) is 5.41. The van der Waals surface area contributed by atoms with Crippen LogP contribution in [0.5, 0.6) is 0 Å². The van der Waals surface area contributed by atoms with Crippen LogP contribution >= 0.6 is 0 Å². The molecule has 0 bridgehead atoms. The minimum atomic E-state index is -1.63. The van der Waals surface area contributed by atoms with Gasteiger partial charge in [-0.05, 0) is 18.8 Å². The van der Waals surface area contributed by atoms with Gasteiger partial charge in [0.05, 0.1) is 18.6 Å². The molecule has 0 aromatic carbocycles. The van der Waals surface area contributed by atoms with Crippen molar-refractivity contribution in [2.24, 2.45) is 17.6 Å². The Morgan fingerprint density at radius 2 is 1.28 bits per heavy atom. The molecule has 0 heterocycles. The molecule has 3 amide bonds. The number of hydrogen-bond donors (Lipinski definition) is 7. The van der Waals surface area contributed by atoms with E-state index in [0.717, 1.165) is 0 Å². The number of nitrogens with two attached hydrogens (primary N) is 1. The summed E-state index contributed by atoms with van der Waals surface area (Å²) < 4.78 is 0. The molecule has 0 aliphatic heterocycles. The average molecular weight is 461 g/mol. The molecule has 7 atom stereocenters. The summed E-state index contributed by atoms with van der Waals surface area (Å²) in [6, 6.07) is -5.38. The lowest BCUT2D eigenvalue weighted by Crippen LogP contribution is -2.60. The molecule has 0 fully saturated rings. The molecule has 0 aromatic heterocycles. The van der Waals surface area contributed by atoms with Crippen LogP contribution in [-0.2, 0) is 24.0 Å². The molecule has 0 aromatic rings. The minimum absolute atomic E-state index is 0.202. The van der Waals surface area contributed by atoms with Crippen LogP contribution in [0.1, 0.15) is 53.9 Å².